The second-order valence-corrected chi connectivity index (χ2v) is 21.9. The van der Waals surface area contributed by atoms with E-state index in [2.05, 4.69) is 268 Å². The van der Waals surface area contributed by atoms with E-state index in [1.807, 2.05) is 0 Å². The van der Waals surface area contributed by atoms with E-state index in [1.165, 1.54) is 33.2 Å². The molecule has 0 amide bonds. The second-order valence-electron chi connectivity index (χ2n) is 21.9. The van der Waals surface area contributed by atoms with Crippen LogP contribution < -0.4 is 0 Å². The summed E-state index contributed by atoms with van der Waals surface area (Å²) in [7, 11) is 0. The molecule has 0 bridgehead atoms. The summed E-state index contributed by atoms with van der Waals surface area (Å²) in [5.41, 5.74) is 17.5. The van der Waals surface area contributed by atoms with Crippen LogP contribution in [0.3, 0.4) is 0 Å². The van der Waals surface area contributed by atoms with Crippen molar-refractivity contribution in [2.45, 2.75) is 51.9 Å². The van der Waals surface area contributed by atoms with Gasteiger partial charge in [0.05, 0.1) is 22.1 Å². The van der Waals surface area contributed by atoms with Crippen LogP contribution in [0.25, 0.3) is 122 Å². The first-order valence-corrected chi connectivity index (χ1v) is 26.3. The first kappa shape index (κ1) is 44.7. The molecule has 0 radical (unpaired) electrons. The molecule has 0 aliphatic heterocycles. The number of para-hydroxylation sites is 2. The Kier molecular flexibility index (Phi) is 10.2. The zero-order valence-corrected chi connectivity index (χ0v) is 42.9. The van der Waals surface area contributed by atoms with E-state index >= 15 is 0 Å². The SMILES string of the molecule is CC1CC(C)(C)c2c(-c3ccc(-c4cccc(-n5c6ccccc6c6ccc7c8ccccc8n(-c8nc(-c9ccccc9-c9ccccc9)nc(-c9cccc%10ccccc9%10)n8)c7c65)c4)cc3)cccc2C1(C)C. The standard InChI is InChI=1S/C70H55N5/c1-44-43-69(2,3)63-53(31-19-33-60(63)70(44,4)5)48-38-36-45(37-39-48)49-24-17-25-50(42-49)74-61-34-15-13-28-54(61)56-40-41-57-55-29-14-16-35-62(55)75(65(57)64(56)74)68-72-66(58-30-12-11-27-51(58)46-20-7-6-8-21-46)71-67(73-68)59-32-18-23-47-22-9-10-26-52(47)59/h6-42,44H,43H2,1-5H3. The Balaban J connectivity index is 0.993. The highest BCUT2D eigenvalue weighted by atomic mass is 15.2. The van der Waals surface area contributed by atoms with Gasteiger partial charge in [-0.1, -0.05) is 235 Å². The van der Waals surface area contributed by atoms with E-state index in [9.17, 15) is 0 Å². The molecule has 1 aliphatic carbocycles. The van der Waals surface area contributed by atoms with Crippen molar-refractivity contribution >= 4 is 54.4 Å². The molecular weight excluding hydrogens is 911 g/mol. The van der Waals surface area contributed by atoms with Gasteiger partial charge in [0, 0.05) is 38.4 Å². The summed E-state index contributed by atoms with van der Waals surface area (Å²) in [6.45, 7) is 12.1. The summed E-state index contributed by atoms with van der Waals surface area (Å²) in [6.07, 6.45) is 1.16. The molecule has 0 fully saturated rings. The quantitative estimate of drug-likeness (QED) is 0.160. The van der Waals surface area contributed by atoms with Crippen LogP contribution in [0.4, 0.5) is 0 Å². The molecule has 0 saturated heterocycles. The zero-order valence-electron chi connectivity index (χ0n) is 42.9. The fourth-order valence-corrected chi connectivity index (χ4v) is 12.8. The van der Waals surface area contributed by atoms with Crippen LogP contribution in [-0.2, 0) is 10.8 Å². The molecular formula is C70H55N5. The van der Waals surface area contributed by atoms with Gasteiger partial charge in [0.1, 0.15) is 0 Å². The van der Waals surface area contributed by atoms with Gasteiger partial charge in [-0.2, -0.15) is 9.97 Å². The zero-order chi connectivity index (χ0) is 50.6. The number of hydrogen-bond donors (Lipinski definition) is 0. The summed E-state index contributed by atoms with van der Waals surface area (Å²) in [5.74, 6) is 2.37. The number of hydrogen-bond acceptors (Lipinski definition) is 3. The third-order valence-corrected chi connectivity index (χ3v) is 16.7. The molecule has 75 heavy (non-hydrogen) atoms. The van der Waals surface area contributed by atoms with Crippen molar-refractivity contribution in [2.75, 3.05) is 0 Å². The molecule has 1 aliphatic rings. The normalized spacial score (nSPS) is 15.0. The monoisotopic (exact) mass is 965 g/mol. The maximum atomic E-state index is 5.56. The van der Waals surface area contributed by atoms with E-state index in [0.717, 1.165) is 88.9 Å². The molecule has 0 spiro atoms. The van der Waals surface area contributed by atoms with Gasteiger partial charge in [-0.15, -0.1) is 0 Å². The van der Waals surface area contributed by atoms with Gasteiger partial charge in [-0.05, 0) is 103 Å². The molecule has 3 heterocycles. The molecule has 14 rings (SSSR count). The van der Waals surface area contributed by atoms with Crippen LogP contribution in [0.5, 0.6) is 0 Å². The topological polar surface area (TPSA) is 48.5 Å². The summed E-state index contributed by atoms with van der Waals surface area (Å²) in [6, 6.07) is 81.2. The van der Waals surface area contributed by atoms with Gasteiger partial charge in [0.25, 0.3) is 0 Å². The average molecular weight is 966 g/mol. The van der Waals surface area contributed by atoms with Crippen LogP contribution >= 0.6 is 0 Å². The van der Waals surface area contributed by atoms with Crippen LogP contribution in [0.15, 0.2) is 224 Å². The molecule has 5 heteroatoms. The molecule has 0 saturated carbocycles. The van der Waals surface area contributed by atoms with E-state index in [0.29, 0.717) is 23.5 Å². The van der Waals surface area contributed by atoms with Gasteiger partial charge >= 0.3 is 0 Å². The minimum absolute atomic E-state index is 0.0754. The highest BCUT2D eigenvalue weighted by Crippen LogP contribution is 2.52. The lowest BCUT2D eigenvalue weighted by molar-refractivity contribution is 0.234. The fourth-order valence-electron chi connectivity index (χ4n) is 12.8. The van der Waals surface area contributed by atoms with E-state index in [4.69, 9.17) is 15.0 Å². The van der Waals surface area contributed by atoms with Crippen molar-refractivity contribution in [1.29, 1.82) is 0 Å². The number of rotatable bonds is 7. The van der Waals surface area contributed by atoms with Gasteiger partial charge in [-0.25, -0.2) is 4.98 Å². The largest absolute Gasteiger partial charge is 0.307 e. The van der Waals surface area contributed by atoms with Crippen molar-refractivity contribution < 1.29 is 0 Å². The van der Waals surface area contributed by atoms with E-state index in [-0.39, 0.29) is 10.8 Å². The Labute approximate surface area is 437 Å². The minimum atomic E-state index is 0.0754. The predicted octanol–water partition coefficient (Wildman–Crippen LogP) is 18.1. The summed E-state index contributed by atoms with van der Waals surface area (Å²) in [4.78, 5) is 16.5. The molecule has 360 valence electrons. The Morgan fingerprint density at radius 1 is 0.400 bits per heavy atom. The molecule has 13 aromatic rings. The smallest absolute Gasteiger partial charge is 0.238 e. The lowest BCUT2D eigenvalue weighted by Crippen LogP contribution is -2.40. The van der Waals surface area contributed by atoms with Crippen LogP contribution in [-0.4, -0.2) is 24.1 Å². The lowest BCUT2D eigenvalue weighted by Gasteiger charge is -2.47. The fraction of sp³-hybridized carbons (Fsp3) is 0.129. The highest BCUT2D eigenvalue weighted by molar-refractivity contribution is 6.23. The lowest BCUT2D eigenvalue weighted by atomic mass is 9.57. The Bertz CT molecular complexity index is 4400. The predicted molar refractivity (Wildman–Crippen MR) is 313 cm³/mol. The first-order chi connectivity index (χ1) is 36.6. The average Bonchev–Trinajstić information content (AvgIpc) is 4.06. The number of aromatic nitrogens is 5. The molecule has 10 aromatic carbocycles. The van der Waals surface area contributed by atoms with E-state index < -0.39 is 0 Å². The molecule has 0 N–H and O–H groups in total. The Morgan fingerprint density at radius 2 is 0.920 bits per heavy atom. The highest BCUT2D eigenvalue weighted by Gasteiger charge is 2.43. The van der Waals surface area contributed by atoms with Gasteiger partial charge < -0.3 is 4.57 Å². The summed E-state index contributed by atoms with van der Waals surface area (Å²) >= 11 is 0. The number of nitrogens with zero attached hydrogens (tertiary/aromatic N) is 5. The van der Waals surface area contributed by atoms with Crippen LogP contribution in [0, 0.1) is 5.92 Å². The van der Waals surface area contributed by atoms with Crippen molar-refractivity contribution in [1.82, 2.24) is 24.1 Å². The van der Waals surface area contributed by atoms with Gasteiger partial charge in [0.15, 0.2) is 11.6 Å². The van der Waals surface area contributed by atoms with Gasteiger partial charge in [-0.3, -0.25) is 4.57 Å². The van der Waals surface area contributed by atoms with Crippen molar-refractivity contribution in [3.63, 3.8) is 0 Å². The maximum absolute atomic E-state index is 5.56. The third kappa shape index (κ3) is 7.09. The van der Waals surface area contributed by atoms with Crippen LogP contribution in [0.1, 0.15) is 52.2 Å². The van der Waals surface area contributed by atoms with Crippen molar-refractivity contribution in [2.24, 2.45) is 5.92 Å². The molecule has 1 atom stereocenters. The third-order valence-electron chi connectivity index (χ3n) is 16.7. The Hall–Kier alpha value is -8.93. The maximum Gasteiger partial charge on any atom is 0.238 e. The summed E-state index contributed by atoms with van der Waals surface area (Å²) in [5, 5.41) is 6.79. The number of fused-ring (bicyclic) bond motifs is 9. The molecule has 3 aromatic heterocycles. The minimum Gasteiger partial charge on any atom is -0.307 e. The molecule has 1 unspecified atom stereocenters. The van der Waals surface area contributed by atoms with Crippen LogP contribution in [0.2, 0.25) is 0 Å². The van der Waals surface area contributed by atoms with Gasteiger partial charge in [0.2, 0.25) is 5.95 Å². The number of benzene rings is 10. The second kappa shape index (κ2) is 17.1. The van der Waals surface area contributed by atoms with Crippen molar-refractivity contribution in [3.8, 4) is 67.8 Å². The first-order valence-electron chi connectivity index (χ1n) is 26.3. The summed E-state index contributed by atoms with van der Waals surface area (Å²) < 4.78 is 4.75. The van der Waals surface area contributed by atoms with Crippen molar-refractivity contribution in [3.05, 3.63) is 236 Å². The molecule has 5 nitrogen and oxygen atoms in total. The Morgan fingerprint density at radius 3 is 1.67 bits per heavy atom. The van der Waals surface area contributed by atoms with E-state index in [1.54, 1.807) is 0 Å².